The molecule has 5 nitrogen and oxygen atoms in total. The molecule has 0 amide bonds. The quantitative estimate of drug-likeness (QED) is 0.445. The van der Waals surface area contributed by atoms with Crippen molar-refractivity contribution in [3.63, 3.8) is 0 Å². The van der Waals surface area contributed by atoms with Gasteiger partial charge in [0, 0.05) is 23.5 Å². The van der Waals surface area contributed by atoms with Crippen LogP contribution in [0, 0.1) is 0 Å². The highest BCUT2D eigenvalue weighted by Crippen LogP contribution is 2.41. The Morgan fingerprint density at radius 3 is 1.83 bits per heavy atom. The van der Waals surface area contributed by atoms with Gasteiger partial charge in [-0.2, -0.15) is 0 Å². The molecule has 0 atom stereocenters. The van der Waals surface area contributed by atoms with Gasteiger partial charge < -0.3 is 9.64 Å². The summed E-state index contributed by atoms with van der Waals surface area (Å²) < 4.78 is 69.5. The third kappa shape index (κ3) is 5.37. The number of hydrogen-bond donors (Lipinski definition) is 1. The van der Waals surface area contributed by atoms with Gasteiger partial charge in [0.05, 0.1) is 4.90 Å². The van der Waals surface area contributed by atoms with E-state index in [1.54, 1.807) is 0 Å². The minimum absolute atomic E-state index is 0.0884. The van der Waals surface area contributed by atoms with Gasteiger partial charge in [-0.15, -0.1) is 13.2 Å². The lowest BCUT2D eigenvalue weighted by Gasteiger charge is -2.39. The van der Waals surface area contributed by atoms with Crippen LogP contribution < -0.4 is 14.4 Å². The lowest BCUT2D eigenvalue weighted by Crippen LogP contribution is -2.42. The van der Waals surface area contributed by atoms with Crippen LogP contribution in [0.2, 0.25) is 0 Å². The van der Waals surface area contributed by atoms with E-state index in [2.05, 4.69) is 62.9 Å². The molecular formula is C27H27F3N2O3S. The monoisotopic (exact) mass is 516 g/mol. The lowest BCUT2D eigenvalue weighted by molar-refractivity contribution is -0.274. The molecule has 0 unspecified atom stereocenters. The second-order valence-electron chi connectivity index (χ2n) is 9.27. The average molecular weight is 517 g/mol. The van der Waals surface area contributed by atoms with Crippen molar-refractivity contribution < 1.29 is 26.3 Å². The molecule has 0 radical (unpaired) electrons. The van der Waals surface area contributed by atoms with Crippen molar-refractivity contribution in [3.8, 4) is 5.75 Å². The van der Waals surface area contributed by atoms with Gasteiger partial charge >= 0.3 is 6.36 Å². The van der Waals surface area contributed by atoms with Gasteiger partial charge in [0.1, 0.15) is 5.75 Å². The second kappa shape index (κ2) is 9.78. The first-order valence-corrected chi connectivity index (χ1v) is 13.5. The van der Waals surface area contributed by atoms with Gasteiger partial charge in [0.25, 0.3) is 0 Å². The summed E-state index contributed by atoms with van der Waals surface area (Å²) in [5.74, 6) is -0.458. The molecule has 1 aliphatic carbocycles. The predicted molar refractivity (Wildman–Crippen MR) is 132 cm³/mol. The number of benzene rings is 3. The number of fused-ring (bicyclic) bond motifs is 2. The molecule has 0 bridgehead atoms. The summed E-state index contributed by atoms with van der Waals surface area (Å²) in [4.78, 5) is 2.34. The number of halogens is 3. The normalized spacial score (nSPS) is 20.2. The molecule has 0 spiro atoms. The highest BCUT2D eigenvalue weighted by Gasteiger charge is 2.33. The molecule has 5 rings (SSSR count). The van der Waals surface area contributed by atoms with Gasteiger partial charge in [-0.25, -0.2) is 13.1 Å². The summed E-state index contributed by atoms with van der Waals surface area (Å²) >= 11 is 0. The van der Waals surface area contributed by atoms with Gasteiger partial charge in [-0.05, 0) is 86.1 Å². The molecule has 36 heavy (non-hydrogen) atoms. The SMILES string of the molecule is O=S(=O)(NC1CCC(N2c3ccccc3CCc3ccccc32)CC1)c1ccc(OC(F)(F)F)cc1. The first-order valence-electron chi connectivity index (χ1n) is 12.0. The van der Waals surface area contributed by atoms with E-state index >= 15 is 0 Å². The zero-order valence-electron chi connectivity index (χ0n) is 19.5. The number of rotatable bonds is 5. The first kappa shape index (κ1) is 24.6. The van der Waals surface area contributed by atoms with Crippen LogP contribution in [-0.2, 0) is 22.9 Å². The predicted octanol–water partition coefficient (Wildman–Crippen LogP) is 6.11. The molecule has 1 N–H and O–H groups in total. The number of anilines is 2. The highest BCUT2D eigenvalue weighted by molar-refractivity contribution is 7.89. The zero-order chi connectivity index (χ0) is 25.3. The molecule has 0 saturated heterocycles. The second-order valence-corrected chi connectivity index (χ2v) is 11.0. The number of nitrogens with zero attached hydrogens (tertiary/aromatic N) is 1. The molecule has 3 aromatic carbocycles. The van der Waals surface area contributed by atoms with Crippen LogP contribution >= 0.6 is 0 Å². The third-order valence-corrected chi connectivity index (χ3v) is 8.45. The fraction of sp³-hybridized carbons (Fsp3) is 0.333. The highest BCUT2D eigenvalue weighted by atomic mass is 32.2. The number of hydrogen-bond acceptors (Lipinski definition) is 4. The van der Waals surface area contributed by atoms with Gasteiger partial charge in [-0.1, -0.05) is 36.4 Å². The van der Waals surface area contributed by atoms with E-state index in [0.29, 0.717) is 12.8 Å². The summed E-state index contributed by atoms with van der Waals surface area (Å²) in [6.07, 6.45) is 0.0887. The Balaban J connectivity index is 1.29. The van der Waals surface area contributed by atoms with E-state index < -0.39 is 22.1 Å². The number of ether oxygens (including phenoxy) is 1. The lowest BCUT2D eigenvalue weighted by atomic mass is 9.89. The summed E-state index contributed by atoms with van der Waals surface area (Å²) in [5, 5.41) is 0. The van der Waals surface area contributed by atoms with Gasteiger partial charge in [0.2, 0.25) is 10.0 Å². The number of aryl methyl sites for hydroxylation is 2. The number of sulfonamides is 1. The number of nitrogens with one attached hydrogen (secondary N) is 1. The summed E-state index contributed by atoms with van der Waals surface area (Å²) in [6.45, 7) is 0. The van der Waals surface area contributed by atoms with Crippen molar-refractivity contribution >= 4 is 21.4 Å². The van der Waals surface area contributed by atoms with Crippen LogP contribution in [0.1, 0.15) is 36.8 Å². The van der Waals surface area contributed by atoms with E-state index in [1.165, 1.54) is 22.5 Å². The van der Waals surface area contributed by atoms with Crippen molar-refractivity contribution in [2.45, 2.75) is 61.9 Å². The molecule has 9 heteroatoms. The molecule has 2 aliphatic rings. The Labute approximate surface area is 208 Å². The Bertz CT molecular complexity index is 1270. The Morgan fingerprint density at radius 2 is 1.31 bits per heavy atom. The number of alkyl halides is 3. The topological polar surface area (TPSA) is 58.6 Å². The molecular weight excluding hydrogens is 489 g/mol. The van der Waals surface area contributed by atoms with E-state index in [-0.39, 0.29) is 17.0 Å². The van der Waals surface area contributed by atoms with Crippen LogP contribution in [0.3, 0.4) is 0 Å². The molecule has 1 saturated carbocycles. The fourth-order valence-electron chi connectivity index (χ4n) is 5.27. The summed E-state index contributed by atoms with van der Waals surface area (Å²) in [6, 6.07) is 21.2. The van der Waals surface area contributed by atoms with Crippen LogP contribution in [0.25, 0.3) is 0 Å². The molecule has 1 heterocycles. The Morgan fingerprint density at radius 1 is 0.778 bits per heavy atom. The van der Waals surface area contributed by atoms with E-state index in [4.69, 9.17) is 0 Å². The maximum atomic E-state index is 12.9. The molecule has 1 fully saturated rings. The van der Waals surface area contributed by atoms with Crippen molar-refractivity contribution in [1.29, 1.82) is 0 Å². The van der Waals surface area contributed by atoms with Crippen molar-refractivity contribution in [1.82, 2.24) is 4.72 Å². The Hall–Kier alpha value is -3.04. The standard InChI is InChI=1S/C27H27F3N2O3S/c28-27(29,30)35-23-15-17-24(18-16-23)36(33,34)31-21-11-13-22(14-12-21)32-25-7-3-1-5-19(25)9-10-20-6-2-4-8-26(20)32/h1-8,15-18,21-22,31H,9-14H2. The third-order valence-electron chi connectivity index (χ3n) is 6.92. The van der Waals surface area contributed by atoms with Crippen molar-refractivity contribution in [2.24, 2.45) is 0 Å². The van der Waals surface area contributed by atoms with Crippen LogP contribution in [0.15, 0.2) is 77.7 Å². The van der Waals surface area contributed by atoms with E-state index in [0.717, 1.165) is 49.9 Å². The largest absolute Gasteiger partial charge is 0.573 e. The van der Waals surface area contributed by atoms with Crippen molar-refractivity contribution in [3.05, 3.63) is 83.9 Å². The van der Waals surface area contributed by atoms with Gasteiger partial charge in [-0.3, -0.25) is 0 Å². The van der Waals surface area contributed by atoms with Crippen LogP contribution in [0.5, 0.6) is 5.75 Å². The summed E-state index contributed by atoms with van der Waals surface area (Å²) in [7, 11) is -3.87. The Kier molecular flexibility index (Phi) is 6.70. The summed E-state index contributed by atoms with van der Waals surface area (Å²) in [5.41, 5.74) is 5.06. The molecule has 0 aromatic heterocycles. The van der Waals surface area contributed by atoms with Crippen LogP contribution in [-0.4, -0.2) is 26.9 Å². The van der Waals surface area contributed by atoms with Gasteiger partial charge in [0.15, 0.2) is 0 Å². The smallest absolute Gasteiger partial charge is 0.406 e. The van der Waals surface area contributed by atoms with E-state index in [9.17, 15) is 21.6 Å². The van der Waals surface area contributed by atoms with Crippen molar-refractivity contribution in [2.75, 3.05) is 4.90 Å². The maximum absolute atomic E-state index is 12.9. The minimum atomic E-state index is -4.83. The fourth-order valence-corrected chi connectivity index (χ4v) is 6.57. The molecule has 1 aliphatic heterocycles. The molecule has 190 valence electrons. The number of para-hydroxylation sites is 2. The zero-order valence-corrected chi connectivity index (χ0v) is 20.4. The first-order chi connectivity index (χ1) is 17.2. The average Bonchev–Trinajstić information content (AvgIpc) is 3.01. The maximum Gasteiger partial charge on any atom is 0.573 e. The van der Waals surface area contributed by atoms with E-state index in [1.807, 2.05) is 0 Å². The molecule has 3 aromatic rings. The van der Waals surface area contributed by atoms with Crippen LogP contribution in [0.4, 0.5) is 24.5 Å². The minimum Gasteiger partial charge on any atom is -0.406 e.